The molecule has 0 aromatic carbocycles. The van der Waals surface area contributed by atoms with E-state index in [1.54, 1.807) is 13.4 Å². The van der Waals surface area contributed by atoms with Gasteiger partial charge in [0.25, 0.3) is 0 Å². The van der Waals surface area contributed by atoms with Crippen molar-refractivity contribution in [3.63, 3.8) is 0 Å². The summed E-state index contributed by atoms with van der Waals surface area (Å²) in [5, 5.41) is 11.4. The molecule has 4 atom stereocenters. The molecule has 1 amide bonds. The zero-order chi connectivity index (χ0) is 17.9. The molecule has 3 fully saturated rings. The number of piperidine rings is 3. The van der Waals surface area contributed by atoms with E-state index in [9.17, 15) is 4.79 Å². The van der Waals surface area contributed by atoms with E-state index >= 15 is 0 Å². The summed E-state index contributed by atoms with van der Waals surface area (Å²) < 4.78 is 12.3. The molecule has 3 saturated heterocycles. The van der Waals surface area contributed by atoms with Gasteiger partial charge in [-0.3, -0.25) is 4.79 Å². The quantitative estimate of drug-likeness (QED) is 0.703. The first-order valence-corrected chi connectivity index (χ1v) is 9.25. The zero-order valence-electron chi connectivity index (χ0n) is 15.1. The van der Waals surface area contributed by atoms with Crippen LogP contribution in [-0.4, -0.2) is 47.1 Å². The van der Waals surface area contributed by atoms with Gasteiger partial charge in [-0.1, -0.05) is 5.21 Å². The zero-order valence-corrected chi connectivity index (χ0v) is 15.1. The standard InChI is InChI=1S/C18H25N5O3/c1-25-12-14-9-23(21-20-14)10-15-7-13-4-5-22(15)11-17(13)18(24)19-8-16-3-2-6-26-16/h2-3,6,9,13,15,17H,4-5,7-8,10-12H2,1H3,(H,19,24)/p+1/t13-,15-,17+/m1/s1. The maximum absolute atomic E-state index is 12.6. The third-order valence-corrected chi connectivity index (χ3v) is 5.69. The summed E-state index contributed by atoms with van der Waals surface area (Å²) in [6.07, 6.45) is 5.77. The largest absolute Gasteiger partial charge is 0.467 e. The molecule has 0 aliphatic carbocycles. The summed E-state index contributed by atoms with van der Waals surface area (Å²) in [6.45, 7) is 3.84. The lowest BCUT2D eigenvalue weighted by atomic mass is 9.75. The number of carbonyl (C=O) groups excluding carboxylic acids is 1. The number of hydrogen-bond acceptors (Lipinski definition) is 5. The average Bonchev–Trinajstić information content (AvgIpc) is 3.33. The Morgan fingerprint density at radius 2 is 2.46 bits per heavy atom. The average molecular weight is 360 g/mol. The van der Waals surface area contributed by atoms with Crippen LogP contribution < -0.4 is 10.2 Å². The minimum absolute atomic E-state index is 0.102. The lowest BCUT2D eigenvalue weighted by Gasteiger charge is -2.46. The van der Waals surface area contributed by atoms with Crippen LogP contribution in [0.4, 0.5) is 0 Å². The number of aromatic nitrogens is 3. The Kier molecular flexibility index (Phi) is 5.03. The van der Waals surface area contributed by atoms with Gasteiger partial charge in [0.05, 0.1) is 51.2 Å². The van der Waals surface area contributed by atoms with Crippen molar-refractivity contribution in [1.82, 2.24) is 20.3 Å². The molecule has 0 radical (unpaired) electrons. The molecule has 2 bridgehead atoms. The predicted molar refractivity (Wildman–Crippen MR) is 92.0 cm³/mol. The molecule has 0 saturated carbocycles. The van der Waals surface area contributed by atoms with Gasteiger partial charge in [-0.25, -0.2) is 4.68 Å². The highest BCUT2D eigenvalue weighted by atomic mass is 16.5. The van der Waals surface area contributed by atoms with Crippen LogP contribution in [-0.2, 0) is 29.2 Å². The van der Waals surface area contributed by atoms with E-state index in [0.717, 1.165) is 43.9 Å². The maximum atomic E-state index is 12.6. The van der Waals surface area contributed by atoms with Crippen LogP contribution in [0.1, 0.15) is 24.3 Å². The number of quaternary nitrogens is 1. The summed E-state index contributed by atoms with van der Waals surface area (Å²) in [5.74, 6) is 1.51. The molecule has 0 spiro atoms. The number of fused-ring (bicyclic) bond motifs is 3. The third kappa shape index (κ3) is 3.66. The van der Waals surface area contributed by atoms with E-state index in [-0.39, 0.29) is 11.8 Å². The molecule has 5 heterocycles. The van der Waals surface area contributed by atoms with Gasteiger partial charge in [-0.15, -0.1) is 5.10 Å². The molecule has 2 aromatic heterocycles. The van der Waals surface area contributed by atoms with Crippen molar-refractivity contribution < 1.29 is 18.8 Å². The van der Waals surface area contributed by atoms with Crippen molar-refractivity contribution in [2.75, 3.05) is 20.2 Å². The third-order valence-electron chi connectivity index (χ3n) is 5.69. The highest BCUT2D eigenvalue weighted by Gasteiger charge is 2.46. The van der Waals surface area contributed by atoms with Crippen molar-refractivity contribution in [2.24, 2.45) is 11.8 Å². The van der Waals surface area contributed by atoms with E-state index < -0.39 is 0 Å². The first-order chi connectivity index (χ1) is 12.7. The molecule has 3 aliphatic heterocycles. The number of rotatable bonds is 7. The van der Waals surface area contributed by atoms with Gasteiger partial charge in [0.1, 0.15) is 17.5 Å². The molecular formula is C18H26N5O3+. The van der Waals surface area contributed by atoms with Crippen LogP contribution in [0.15, 0.2) is 29.0 Å². The van der Waals surface area contributed by atoms with Crippen LogP contribution in [0, 0.1) is 11.8 Å². The molecule has 3 aliphatic rings. The summed E-state index contributed by atoms with van der Waals surface area (Å²) in [7, 11) is 1.66. The number of nitrogens with one attached hydrogen (secondary N) is 2. The molecule has 26 heavy (non-hydrogen) atoms. The number of ether oxygens (including phenoxy) is 1. The van der Waals surface area contributed by atoms with Gasteiger partial charge in [0, 0.05) is 20.0 Å². The van der Waals surface area contributed by atoms with E-state index in [2.05, 4.69) is 15.6 Å². The van der Waals surface area contributed by atoms with Gasteiger partial charge in [0.15, 0.2) is 0 Å². The Bertz CT molecular complexity index is 729. The fourth-order valence-corrected chi connectivity index (χ4v) is 4.40. The number of methoxy groups -OCH3 is 1. The van der Waals surface area contributed by atoms with Gasteiger partial charge < -0.3 is 19.4 Å². The van der Waals surface area contributed by atoms with E-state index in [1.165, 1.54) is 4.90 Å². The lowest BCUT2D eigenvalue weighted by molar-refractivity contribution is -0.945. The Morgan fingerprint density at radius 3 is 3.19 bits per heavy atom. The van der Waals surface area contributed by atoms with Crippen LogP contribution in [0.25, 0.3) is 0 Å². The van der Waals surface area contributed by atoms with E-state index in [4.69, 9.17) is 9.15 Å². The molecule has 140 valence electrons. The monoisotopic (exact) mass is 360 g/mol. The lowest BCUT2D eigenvalue weighted by Crippen LogP contribution is -3.20. The Balaban J connectivity index is 1.32. The molecule has 2 N–H and O–H groups in total. The van der Waals surface area contributed by atoms with Crippen LogP contribution >= 0.6 is 0 Å². The van der Waals surface area contributed by atoms with Gasteiger partial charge in [-0.2, -0.15) is 0 Å². The normalized spacial score (nSPS) is 27.6. The van der Waals surface area contributed by atoms with Crippen molar-refractivity contribution in [2.45, 2.75) is 38.6 Å². The summed E-state index contributed by atoms with van der Waals surface area (Å²) >= 11 is 0. The molecular weight excluding hydrogens is 334 g/mol. The first-order valence-electron chi connectivity index (χ1n) is 9.25. The highest BCUT2D eigenvalue weighted by molar-refractivity contribution is 5.79. The topological polar surface area (TPSA) is 86.6 Å². The second-order valence-corrected chi connectivity index (χ2v) is 7.36. The Labute approximate surface area is 152 Å². The van der Waals surface area contributed by atoms with Crippen LogP contribution in [0.3, 0.4) is 0 Å². The molecule has 1 unspecified atom stereocenters. The van der Waals surface area contributed by atoms with E-state index in [0.29, 0.717) is 25.1 Å². The van der Waals surface area contributed by atoms with Crippen LogP contribution in [0.5, 0.6) is 0 Å². The minimum atomic E-state index is 0.102. The second kappa shape index (κ2) is 7.59. The van der Waals surface area contributed by atoms with Crippen molar-refractivity contribution >= 4 is 5.91 Å². The number of hydrogen-bond donors (Lipinski definition) is 2. The number of furan rings is 1. The summed E-state index contributed by atoms with van der Waals surface area (Å²) in [5.41, 5.74) is 0.855. The predicted octanol–water partition coefficient (Wildman–Crippen LogP) is -0.373. The van der Waals surface area contributed by atoms with Crippen molar-refractivity contribution in [3.05, 3.63) is 36.0 Å². The summed E-state index contributed by atoms with van der Waals surface area (Å²) in [4.78, 5) is 14.1. The molecule has 2 aromatic rings. The fraction of sp³-hybridized carbons (Fsp3) is 0.611. The number of amides is 1. The number of carbonyl (C=O) groups is 1. The fourth-order valence-electron chi connectivity index (χ4n) is 4.40. The van der Waals surface area contributed by atoms with E-state index in [1.807, 2.05) is 23.0 Å². The van der Waals surface area contributed by atoms with Gasteiger partial charge in [-0.05, 0) is 18.1 Å². The highest BCUT2D eigenvalue weighted by Crippen LogP contribution is 2.27. The smallest absolute Gasteiger partial charge is 0.229 e. The van der Waals surface area contributed by atoms with Gasteiger partial charge in [0.2, 0.25) is 5.91 Å². The van der Waals surface area contributed by atoms with Crippen LogP contribution in [0.2, 0.25) is 0 Å². The Hall–Kier alpha value is -2.19. The minimum Gasteiger partial charge on any atom is -0.467 e. The Morgan fingerprint density at radius 1 is 1.54 bits per heavy atom. The van der Waals surface area contributed by atoms with Gasteiger partial charge >= 0.3 is 0 Å². The molecule has 5 rings (SSSR count). The van der Waals surface area contributed by atoms with Crippen molar-refractivity contribution in [3.8, 4) is 0 Å². The second-order valence-electron chi connectivity index (χ2n) is 7.36. The maximum Gasteiger partial charge on any atom is 0.229 e. The van der Waals surface area contributed by atoms with Crippen molar-refractivity contribution in [1.29, 1.82) is 0 Å². The first kappa shape index (κ1) is 17.2. The number of nitrogens with zero attached hydrogens (tertiary/aromatic N) is 3. The summed E-state index contributed by atoms with van der Waals surface area (Å²) in [6, 6.07) is 4.22. The molecule has 8 heteroatoms. The SMILES string of the molecule is COCc1cn(C[C@H]2C[C@H]3CC[NH+]2C[C@@H]3C(=O)NCc2ccco2)nn1. The molecule has 8 nitrogen and oxygen atoms in total.